The molecule has 2 rings (SSSR count). The first kappa shape index (κ1) is 10.4. The van der Waals surface area contributed by atoms with Crippen molar-refractivity contribution in [3.8, 4) is 0 Å². The summed E-state index contributed by atoms with van der Waals surface area (Å²) >= 11 is 0. The Kier molecular flexibility index (Phi) is 2.85. The van der Waals surface area contributed by atoms with Gasteiger partial charge in [0, 0.05) is 6.04 Å². The molecule has 1 saturated heterocycles. The second kappa shape index (κ2) is 3.82. The van der Waals surface area contributed by atoms with E-state index in [2.05, 4.69) is 30.8 Å². The lowest BCUT2D eigenvalue weighted by Gasteiger charge is -2.54. The number of nitrogens with zero attached hydrogens (tertiary/aromatic N) is 2. The van der Waals surface area contributed by atoms with Crippen molar-refractivity contribution in [2.24, 2.45) is 5.41 Å². The van der Waals surface area contributed by atoms with Crippen molar-refractivity contribution in [1.29, 1.82) is 0 Å². The summed E-state index contributed by atoms with van der Waals surface area (Å²) in [5.74, 6) is 0. The molecule has 0 N–H and O–H groups in total. The third kappa shape index (κ3) is 1.82. The topological polar surface area (TPSA) is 6.48 Å². The quantitative estimate of drug-likeness (QED) is 0.664. The molecule has 0 aromatic heterocycles. The zero-order valence-electron chi connectivity index (χ0n) is 9.92. The van der Waals surface area contributed by atoms with Crippen LogP contribution in [0.5, 0.6) is 0 Å². The molecule has 1 saturated carbocycles. The molecule has 0 aromatic rings. The summed E-state index contributed by atoms with van der Waals surface area (Å²) < 4.78 is 0. The van der Waals surface area contributed by atoms with Gasteiger partial charge in [-0.3, -0.25) is 0 Å². The molecule has 14 heavy (non-hydrogen) atoms. The fraction of sp³-hybridized carbons (Fsp3) is 1.00. The second-order valence-electron chi connectivity index (χ2n) is 5.46. The van der Waals surface area contributed by atoms with Crippen LogP contribution in [0.3, 0.4) is 0 Å². The first-order valence-corrected chi connectivity index (χ1v) is 6.04. The maximum Gasteiger partial charge on any atom is 0.00997 e. The lowest BCUT2D eigenvalue weighted by atomic mass is 9.60. The van der Waals surface area contributed by atoms with E-state index in [4.69, 9.17) is 0 Å². The summed E-state index contributed by atoms with van der Waals surface area (Å²) in [7, 11) is 4.44. The van der Waals surface area contributed by atoms with Gasteiger partial charge in [-0.15, -0.1) is 0 Å². The number of rotatable bonds is 2. The predicted octanol–water partition coefficient (Wildman–Crippen LogP) is 1.81. The summed E-state index contributed by atoms with van der Waals surface area (Å²) in [5.41, 5.74) is 0.751. The zero-order chi connectivity index (χ0) is 10.2. The van der Waals surface area contributed by atoms with Crippen molar-refractivity contribution in [3.63, 3.8) is 0 Å². The average molecular weight is 196 g/mol. The van der Waals surface area contributed by atoms with Gasteiger partial charge in [-0.05, 0) is 64.8 Å². The molecule has 82 valence electrons. The minimum absolute atomic E-state index is 0.751. The molecule has 1 heterocycles. The van der Waals surface area contributed by atoms with E-state index in [1.54, 1.807) is 0 Å². The highest BCUT2D eigenvalue weighted by atomic mass is 15.1. The minimum Gasteiger partial charge on any atom is -0.306 e. The molecular weight excluding hydrogens is 172 g/mol. The van der Waals surface area contributed by atoms with E-state index in [-0.39, 0.29) is 0 Å². The van der Waals surface area contributed by atoms with Crippen LogP contribution in [0.2, 0.25) is 0 Å². The normalized spacial score (nSPS) is 28.3. The smallest absolute Gasteiger partial charge is 0.00997 e. The summed E-state index contributed by atoms with van der Waals surface area (Å²) in [4.78, 5) is 4.99. The van der Waals surface area contributed by atoms with Crippen LogP contribution in [0.15, 0.2) is 0 Å². The van der Waals surface area contributed by atoms with Crippen LogP contribution in [0.1, 0.15) is 32.6 Å². The molecule has 0 aromatic carbocycles. The van der Waals surface area contributed by atoms with Gasteiger partial charge in [0.1, 0.15) is 0 Å². The Hall–Kier alpha value is -0.0800. The van der Waals surface area contributed by atoms with Gasteiger partial charge in [-0.25, -0.2) is 0 Å². The van der Waals surface area contributed by atoms with Gasteiger partial charge >= 0.3 is 0 Å². The van der Waals surface area contributed by atoms with Crippen molar-refractivity contribution in [1.82, 2.24) is 9.80 Å². The molecule has 0 unspecified atom stereocenters. The summed E-state index contributed by atoms with van der Waals surface area (Å²) in [5, 5.41) is 0. The van der Waals surface area contributed by atoms with Gasteiger partial charge in [-0.1, -0.05) is 6.92 Å². The van der Waals surface area contributed by atoms with Crippen molar-refractivity contribution >= 4 is 0 Å². The number of likely N-dealkylation sites (tertiary alicyclic amines) is 1. The van der Waals surface area contributed by atoms with Crippen LogP contribution in [-0.4, -0.2) is 49.6 Å². The molecule has 1 spiro atoms. The van der Waals surface area contributed by atoms with Crippen LogP contribution < -0.4 is 0 Å². The lowest BCUT2D eigenvalue weighted by molar-refractivity contribution is -0.0263. The van der Waals surface area contributed by atoms with E-state index in [9.17, 15) is 0 Å². The van der Waals surface area contributed by atoms with Gasteiger partial charge < -0.3 is 9.80 Å². The third-order valence-corrected chi connectivity index (χ3v) is 4.43. The van der Waals surface area contributed by atoms with E-state index in [0.717, 1.165) is 11.5 Å². The highest BCUT2D eigenvalue weighted by Crippen LogP contribution is 2.50. The van der Waals surface area contributed by atoms with Crippen LogP contribution in [0.25, 0.3) is 0 Å². The van der Waals surface area contributed by atoms with E-state index < -0.39 is 0 Å². The van der Waals surface area contributed by atoms with Crippen LogP contribution in [-0.2, 0) is 0 Å². The highest BCUT2D eigenvalue weighted by Gasteiger charge is 2.46. The first-order chi connectivity index (χ1) is 6.65. The Morgan fingerprint density at radius 1 is 1.21 bits per heavy atom. The Balaban J connectivity index is 1.80. The monoisotopic (exact) mass is 196 g/mol. The molecule has 0 bridgehead atoms. The van der Waals surface area contributed by atoms with Crippen LogP contribution >= 0.6 is 0 Å². The maximum atomic E-state index is 2.59. The summed E-state index contributed by atoms with van der Waals surface area (Å²) in [6.07, 6.45) is 5.81. The van der Waals surface area contributed by atoms with Crippen LogP contribution in [0.4, 0.5) is 0 Å². The lowest BCUT2D eigenvalue weighted by Crippen LogP contribution is -2.53. The Morgan fingerprint density at radius 3 is 2.21 bits per heavy atom. The van der Waals surface area contributed by atoms with Crippen molar-refractivity contribution in [2.45, 2.75) is 38.6 Å². The average Bonchev–Trinajstić information content (AvgIpc) is 2.14. The van der Waals surface area contributed by atoms with E-state index in [1.807, 2.05) is 0 Å². The second-order valence-corrected chi connectivity index (χ2v) is 5.46. The predicted molar refractivity (Wildman–Crippen MR) is 60.5 cm³/mol. The summed E-state index contributed by atoms with van der Waals surface area (Å²) in [6.45, 7) is 6.21. The molecule has 1 aliphatic heterocycles. The minimum atomic E-state index is 0.751. The molecule has 0 radical (unpaired) electrons. The maximum absolute atomic E-state index is 2.59. The van der Waals surface area contributed by atoms with Crippen molar-refractivity contribution in [2.75, 3.05) is 33.7 Å². The standard InChI is InChI=1S/C12H24N2/c1-4-14-7-5-12(6-8-14)9-11(10-12)13(2)3/h11H,4-10H2,1-3H3. The fourth-order valence-electron chi connectivity index (χ4n) is 3.06. The van der Waals surface area contributed by atoms with E-state index in [1.165, 1.54) is 45.3 Å². The van der Waals surface area contributed by atoms with E-state index >= 15 is 0 Å². The zero-order valence-corrected chi connectivity index (χ0v) is 9.92. The first-order valence-electron chi connectivity index (χ1n) is 6.04. The van der Waals surface area contributed by atoms with Gasteiger partial charge in [0.2, 0.25) is 0 Å². The van der Waals surface area contributed by atoms with Gasteiger partial charge in [-0.2, -0.15) is 0 Å². The van der Waals surface area contributed by atoms with Crippen molar-refractivity contribution < 1.29 is 0 Å². The Morgan fingerprint density at radius 2 is 1.79 bits per heavy atom. The van der Waals surface area contributed by atoms with Crippen molar-refractivity contribution in [3.05, 3.63) is 0 Å². The number of hydrogen-bond acceptors (Lipinski definition) is 2. The van der Waals surface area contributed by atoms with E-state index in [0.29, 0.717) is 0 Å². The number of piperidine rings is 1. The van der Waals surface area contributed by atoms with Crippen LogP contribution in [0, 0.1) is 5.41 Å². The van der Waals surface area contributed by atoms with Gasteiger partial charge in [0.25, 0.3) is 0 Å². The SMILES string of the molecule is CCN1CCC2(CC1)CC(N(C)C)C2. The summed E-state index contributed by atoms with van der Waals surface area (Å²) in [6, 6.07) is 0.878. The third-order valence-electron chi connectivity index (χ3n) is 4.43. The molecule has 2 heteroatoms. The number of hydrogen-bond donors (Lipinski definition) is 0. The Bertz CT molecular complexity index is 184. The molecule has 0 atom stereocenters. The molecular formula is C12H24N2. The molecule has 2 aliphatic rings. The highest BCUT2D eigenvalue weighted by molar-refractivity contribution is 5.00. The largest absolute Gasteiger partial charge is 0.306 e. The van der Waals surface area contributed by atoms with Gasteiger partial charge in [0.15, 0.2) is 0 Å². The fourth-order valence-corrected chi connectivity index (χ4v) is 3.06. The molecule has 2 nitrogen and oxygen atoms in total. The Labute approximate surface area is 88.3 Å². The molecule has 0 amide bonds. The molecule has 1 aliphatic carbocycles. The van der Waals surface area contributed by atoms with Gasteiger partial charge in [0.05, 0.1) is 0 Å². The molecule has 2 fully saturated rings.